The van der Waals surface area contributed by atoms with Crippen LogP contribution >= 0.6 is 27.7 Å². The summed E-state index contributed by atoms with van der Waals surface area (Å²) in [5, 5.41) is 16.6. The number of halogens is 1. The number of carbonyl (C=O) groups is 3. The fraction of sp³-hybridized carbons (Fsp3) is 0.531. The van der Waals surface area contributed by atoms with E-state index in [1.54, 1.807) is 16.7 Å². The molecule has 1 spiro atoms. The van der Waals surface area contributed by atoms with E-state index in [9.17, 15) is 19.5 Å². The first-order valence-corrected chi connectivity index (χ1v) is 16.8. The zero-order valence-corrected chi connectivity index (χ0v) is 26.9. The van der Waals surface area contributed by atoms with Crippen LogP contribution in [-0.4, -0.2) is 80.9 Å². The van der Waals surface area contributed by atoms with Crippen molar-refractivity contribution in [2.45, 2.75) is 66.9 Å². The van der Waals surface area contributed by atoms with E-state index >= 15 is 0 Å². The number of hydrogen-bond acceptors (Lipinski definition) is 6. The quantitative estimate of drug-likeness (QED) is 0.298. The van der Waals surface area contributed by atoms with Gasteiger partial charge in [-0.1, -0.05) is 53.2 Å². The highest BCUT2D eigenvalue weighted by Crippen LogP contribution is 2.68. The number of hydrogen-bond donors (Lipinski definition) is 3. The summed E-state index contributed by atoms with van der Waals surface area (Å²) >= 11 is 5.42. The van der Waals surface area contributed by atoms with Crippen LogP contribution in [0.5, 0.6) is 0 Å². The van der Waals surface area contributed by atoms with E-state index in [2.05, 4.69) is 45.3 Å². The number of carbonyl (C=O) groups excluding carboxylic acids is 3. The van der Waals surface area contributed by atoms with Gasteiger partial charge in [-0.15, -0.1) is 11.8 Å². The summed E-state index contributed by atoms with van der Waals surface area (Å²) in [6.07, 6.45) is 1.80. The van der Waals surface area contributed by atoms with Crippen LogP contribution in [0.15, 0.2) is 54.6 Å². The van der Waals surface area contributed by atoms with Gasteiger partial charge in [0.2, 0.25) is 17.7 Å². The van der Waals surface area contributed by atoms with Crippen molar-refractivity contribution in [1.29, 1.82) is 0 Å². The van der Waals surface area contributed by atoms with Crippen LogP contribution in [0.1, 0.15) is 39.2 Å². The van der Waals surface area contributed by atoms with Crippen LogP contribution in [-0.2, 0) is 20.8 Å². The minimum atomic E-state index is -0.836. The van der Waals surface area contributed by atoms with Gasteiger partial charge < -0.3 is 25.5 Å². The van der Waals surface area contributed by atoms with Gasteiger partial charge in [0, 0.05) is 41.1 Å². The maximum atomic E-state index is 14.4. The molecule has 3 N–H and O–H groups in total. The third-order valence-corrected chi connectivity index (χ3v) is 12.2. The molecule has 226 valence electrons. The lowest BCUT2D eigenvalue weighted by Gasteiger charge is -2.37. The number of aliphatic hydroxyl groups is 1. The molecule has 0 radical (unpaired) electrons. The van der Waals surface area contributed by atoms with Crippen LogP contribution in [0, 0.1) is 11.8 Å². The van der Waals surface area contributed by atoms with Gasteiger partial charge in [-0.2, -0.15) is 0 Å². The van der Waals surface area contributed by atoms with E-state index in [0.717, 1.165) is 30.8 Å². The van der Waals surface area contributed by atoms with Gasteiger partial charge in [-0.25, -0.2) is 0 Å². The molecule has 2 bridgehead atoms. The van der Waals surface area contributed by atoms with Gasteiger partial charge in [-0.3, -0.25) is 14.4 Å². The highest BCUT2D eigenvalue weighted by atomic mass is 79.9. The molecule has 42 heavy (non-hydrogen) atoms. The van der Waals surface area contributed by atoms with E-state index in [4.69, 9.17) is 0 Å². The van der Waals surface area contributed by atoms with Crippen LogP contribution in [0.25, 0.3) is 0 Å². The van der Waals surface area contributed by atoms with Crippen LogP contribution < -0.4 is 15.5 Å². The highest BCUT2D eigenvalue weighted by molar-refractivity contribution is 9.09. The maximum absolute atomic E-state index is 14.4. The van der Waals surface area contributed by atoms with Gasteiger partial charge in [0.25, 0.3) is 0 Å². The number of rotatable bonds is 12. The second-order valence-electron chi connectivity index (χ2n) is 11.4. The number of nitrogens with one attached hydrogen (secondary N) is 2. The van der Waals surface area contributed by atoms with Crippen molar-refractivity contribution in [3.8, 4) is 0 Å². The number of fused-ring (bicyclic) bond motifs is 1. The molecule has 3 fully saturated rings. The first kappa shape index (κ1) is 30.9. The third-order valence-electron chi connectivity index (χ3n) is 9.01. The Morgan fingerprint density at radius 1 is 1.10 bits per heavy atom. The van der Waals surface area contributed by atoms with E-state index in [1.165, 1.54) is 0 Å². The number of amides is 3. The predicted molar refractivity (Wildman–Crippen MR) is 172 cm³/mol. The Morgan fingerprint density at radius 3 is 2.40 bits per heavy atom. The Bertz CT molecular complexity index is 1280. The summed E-state index contributed by atoms with van der Waals surface area (Å²) in [6.45, 7) is 8.23. The van der Waals surface area contributed by atoms with Crippen LogP contribution in [0.4, 0.5) is 11.4 Å². The fourth-order valence-corrected chi connectivity index (χ4v) is 10.7. The van der Waals surface area contributed by atoms with Gasteiger partial charge >= 0.3 is 0 Å². The smallest absolute Gasteiger partial charge is 0.248 e. The number of likely N-dealkylation sites (tertiary alicyclic amines) is 1. The normalized spacial score (nSPS) is 28.5. The van der Waals surface area contributed by atoms with E-state index in [1.807, 2.05) is 61.5 Å². The van der Waals surface area contributed by atoms with E-state index in [0.29, 0.717) is 25.1 Å². The molecule has 10 heteroatoms. The molecule has 3 unspecified atom stereocenters. The largest absolute Gasteiger partial charge is 0.394 e. The number of anilines is 2. The summed E-state index contributed by atoms with van der Waals surface area (Å²) in [6, 6.07) is 16.0. The molecule has 3 aliphatic heterocycles. The van der Waals surface area contributed by atoms with Crippen molar-refractivity contribution in [3.63, 3.8) is 0 Å². The molecule has 0 aromatic heterocycles. The Balaban J connectivity index is 1.51. The second kappa shape index (κ2) is 13.0. The zero-order chi connectivity index (χ0) is 30.0. The Kier molecular flexibility index (Phi) is 9.54. The first-order chi connectivity index (χ1) is 20.3. The lowest BCUT2D eigenvalue weighted by Crippen LogP contribution is -2.55. The maximum Gasteiger partial charge on any atom is 0.248 e. The molecule has 2 aromatic carbocycles. The SMILES string of the molecule is CCCNC(=O)[C@H]1[C@H]2C(=O)N([C@@H](CO)Cc3ccccc3)C(C(=O)Nc3ccc(N(CC)CC)cc3)C23CC(Br)[C@@H]1S3. The Labute approximate surface area is 261 Å². The highest BCUT2D eigenvalue weighted by Gasteiger charge is 2.76. The molecule has 0 saturated carbocycles. The Hall–Kier alpha value is -2.56. The summed E-state index contributed by atoms with van der Waals surface area (Å²) < 4.78 is -0.778. The zero-order valence-electron chi connectivity index (χ0n) is 24.5. The molecule has 8 nitrogen and oxygen atoms in total. The number of benzene rings is 2. The molecule has 3 aliphatic rings. The predicted octanol–water partition coefficient (Wildman–Crippen LogP) is 4.07. The summed E-state index contributed by atoms with van der Waals surface area (Å²) in [4.78, 5) is 46.1. The van der Waals surface area contributed by atoms with Crippen molar-refractivity contribution < 1.29 is 19.5 Å². The average molecular weight is 658 g/mol. The first-order valence-electron chi connectivity index (χ1n) is 15.0. The van der Waals surface area contributed by atoms with Gasteiger partial charge in [0.1, 0.15) is 6.04 Å². The molecule has 2 aromatic rings. The lowest BCUT2D eigenvalue weighted by atomic mass is 9.70. The summed E-state index contributed by atoms with van der Waals surface area (Å²) in [7, 11) is 0. The number of thioether (sulfide) groups is 1. The van der Waals surface area contributed by atoms with Crippen LogP contribution in [0.2, 0.25) is 0 Å². The molecular weight excluding hydrogens is 616 g/mol. The molecule has 0 aliphatic carbocycles. The number of alkyl halides is 1. The summed E-state index contributed by atoms with van der Waals surface area (Å²) in [5.41, 5.74) is 2.69. The van der Waals surface area contributed by atoms with Gasteiger partial charge in [0.15, 0.2) is 0 Å². The molecule has 3 saturated heterocycles. The van der Waals surface area contributed by atoms with E-state index < -0.39 is 28.7 Å². The number of aliphatic hydroxyl groups excluding tert-OH is 1. The van der Waals surface area contributed by atoms with Crippen molar-refractivity contribution in [3.05, 3.63) is 60.2 Å². The standard InChI is InChI=1S/C32H41BrN4O4S/c1-4-16-34-29(39)25-26-31(41)37(23(19-38)17-20-10-8-7-9-11-20)28(32(26)18-24(33)27(25)42-32)30(40)35-21-12-14-22(15-13-21)36(5-2)6-3/h7-15,23-28,38H,4-6,16-19H2,1-3H3,(H,34,39)(H,35,40)/t23-,24?,25+,26+,27+,28?,32?/m1/s1. The molecule has 3 amide bonds. The second-order valence-corrected chi connectivity index (χ2v) is 14.2. The number of nitrogens with zero attached hydrogens (tertiary/aromatic N) is 2. The molecule has 7 atom stereocenters. The molecule has 3 heterocycles. The summed E-state index contributed by atoms with van der Waals surface area (Å²) in [5.74, 6) is -1.81. The average Bonchev–Trinajstić information content (AvgIpc) is 3.60. The van der Waals surface area contributed by atoms with Crippen LogP contribution in [0.3, 0.4) is 0 Å². The minimum absolute atomic E-state index is 0.00534. The molecule has 5 rings (SSSR count). The third kappa shape index (κ3) is 5.46. The fourth-order valence-electron chi connectivity index (χ4n) is 7.12. The van der Waals surface area contributed by atoms with Crippen molar-refractivity contribution in [2.24, 2.45) is 11.8 Å². The lowest BCUT2D eigenvalue weighted by molar-refractivity contribution is -0.142. The van der Waals surface area contributed by atoms with Crippen molar-refractivity contribution >= 4 is 56.8 Å². The molecular formula is C32H41BrN4O4S. The van der Waals surface area contributed by atoms with Gasteiger partial charge in [-0.05, 0) is 62.9 Å². The van der Waals surface area contributed by atoms with E-state index in [-0.39, 0.29) is 34.4 Å². The Morgan fingerprint density at radius 2 is 1.79 bits per heavy atom. The minimum Gasteiger partial charge on any atom is -0.394 e. The van der Waals surface area contributed by atoms with Crippen molar-refractivity contribution in [1.82, 2.24) is 10.2 Å². The topological polar surface area (TPSA) is 102 Å². The van der Waals surface area contributed by atoms with Crippen molar-refractivity contribution in [2.75, 3.05) is 36.5 Å². The monoisotopic (exact) mass is 656 g/mol. The van der Waals surface area contributed by atoms with Gasteiger partial charge in [0.05, 0.1) is 29.2 Å².